The van der Waals surface area contributed by atoms with Gasteiger partial charge in [-0.1, -0.05) is 20.8 Å². The summed E-state index contributed by atoms with van der Waals surface area (Å²) in [6.45, 7) is 9.99. The largest absolute Gasteiger partial charge is 0.449 e. The molecular formula is C24H34F3N5O2S. The number of fused-ring (bicyclic) bond motifs is 1. The fourth-order valence-electron chi connectivity index (χ4n) is 4.57. The van der Waals surface area contributed by atoms with Gasteiger partial charge in [-0.2, -0.15) is 13.2 Å². The minimum atomic E-state index is -4.52. The van der Waals surface area contributed by atoms with Gasteiger partial charge in [0.05, 0.1) is 16.7 Å². The van der Waals surface area contributed by atoms with Crippen LogP contribution in [0.25, 0.3) is 11.0 Å². The number of aromatic nitrogens is 2. The molecule has 11 heteroatoms. The Balaban J connectivity index is 1.47. The smallest absolute Gasteiger partial charge is 0.381 e. The van der Waals surface area contributed by atoms with Gasteiger partial charge < -0.3 is 18.5 Å². The minimum absolute atomic E-state index is 0.143. The quantitative estimate of drug-likeness (QED) is 0.542. The third-order valence-electron chi connectivity index (χ3n) is 6.54. The Bertz CT molecular complexity index is 1040. The molecule has 7 nitrogen and oxygen atoms in total. The molecule has 194 valence electrons. The Morgan fingerprint density at radius 3 is 2.40 bits per heavy atom. The van der Waals surface area contributed by atoms with Crippen molar-refractivity contribution in [3.63, 3.8) is 0 Å². The van der Waals surface area contributed by atoms with Crippen molar-refractivity contribution in [2.24, 2.45) is 11.3 Å². The summed E-state index contributed by atoms with van der Waals surface area (Å²) in [6, 6.07) is 5.30. The number of piperazine rings is 1. The summed E-state index contributed by atoms with van der Waals surface area (Å²) in [5.41, 5.74) is 1.22. The van der Waals surface area contributed by atoms with Crippen LogP contribution in [0.5, 0.6) is 0 Å². The van der Waals surface area contributed by atoms with Gasteiger partial charge in [0.15, 0.2) is 0 Å². The molecule has 0 aliphatic carbocycles. The second-order valence-corrected chi connectivity index (χ2v) is 11.6. The third-order valence-corrected chi connectivity index (χ3v) is 7.59. The van der Waals surface area contributed by atoms with Crippen LogP contribution in [0, 0.1) is 11.3 Å². The molecule has 0 radical (unpaired) electrons. The molecule has 0 atom stereocenters. The first kappa shape index (κ1) is 26.1. The van der Waals surface area contributed by atoms with Gasteiger partial charge in [-0.3, -0.25) is 4.79 Å². The van der Waals surface area contributed by atoms with E-state index in [1.807, 2.05) is 43.1 Å². The number of imidazole rings is 1. The van der Waals surface area contributed by atoms with Crippen LogP contribution in [-0.2, 0) is 22.3 Å². The van der Waals surface area contributed by atoms with Gasteiger partial charge >= 0.3 is 6.18 Å². The molecule has 2 aliphatic heterocycles. The zero-order valence-electron chi connectivity index (χ0n) is 20.8. The van der Waals surface area contributed by atoms with E-state index >= 15 is 0 Å². The van der Waals surface area contributed by atoms with Crippen molar-refractivity contribution in [2.75, 3.05) is 50.7 Å². The number of carbonyl (C=O) groups is 1. The van der Waals surface area contributed by atoms with Crippen molar-refractivity contribution in [2.45, 2.75) is 46.3 Å². The molecule has 2 saturated heterocycles. The van der Waals surface area contributed by atoms with Gasteiger partial charge in [0, 0.05) is 70.5 Å². The number of carbonyl (C=O) groups excluding carboxylic acids is 1. The standard InChI is InChI=1S/C24H34F3N5O2S/c1-23(2,3)22(33)30-9-11-31(12-10-30)35-29(4)18-5-6-20-19(15-18)28-21(24(25,26)27)32(20)16-17-7-13-34-14-8-17/h5-6,15,17H,7-14,16H2,1-4H3. The van der Waals surface area contributed by atoms with E-state index in [0.717, 1.165) is 31.6 Å². The Labute approximate surface area is 208 Å². The van der Waals surface area contributed by atoms with Crippen LogP contribution in [0.3, 0.4) is 0 Å². The Morgan fingerprint density at radius 1 is 1.14 bits per heavy atom. The van der Waals surface area contributed by atoms with E-state index in [-0.39, 0.29) is 18.4 Å². The fourth-order valence-corrected chi connectivity index (χ4v) is 5.45. The molecule has 0 N–H and O–H groups in total. The number of halogens is 3. The molecule has 35 heavy (non-hydrogen) atoms. The van der Waals surface area contributed by atoms with Crippen LogP contribution in [0.4, 0.5) is 18.9 Å². The van der Waals surface area contributed by atoms with E-state index in [0.29, 0.717) is 37.3 Å². The molecule has 1 aromatic heterocycles. The number of nitrogens with zero attached hydrogens (tertiary/aromatic N) is 5. The van der Waals surface area contributed by atoms with E-state index < -0.39 is 17.4 Å². The van der Waals surface area contributed by atoms with Crippen molar-refractivity contribution in [1.82, 2.24) is 18.8 Å². The van der Waals surface area contributed by atoms with Crippen molar-refractivity contribution < 1.29 is 22.7 Å². The van der Waals surface area contributed by atoms with Gasteiger partial charge in [0.1, 0.15) is 0 Å². The Hall–Kier alpha value is -1.98. The first-order valence-corrected chi connectivity index (χ1v) is 12.8. The maximum atomic E-state index is 13.8. The molecule has 0 saturated carbocycles. The Kier molecular flexibility index (Phi) is 7.59. The van der Waals surface area contributed by atoms with Crippen molar-refractivity contribution in [3.05, 3.63) is 24.0 Å². The number of rotatable bonds is 5. The second-order valence-electron chi connectivity index (χ2n) is 10.3. The molecule has 0 spiro atoms. The number of alkyl halides is 3. The summed E-state index contributed by atoms with van der Waals surface area (Å²) >= 11 is 1.51. The number of hydrogen-bond donors (Lipinski definition) is 0. The monoisotopic (exact) mass is 513 g/mol. The first-order chi connectivity index (χ1) is 16.4. The van der Waals surface area contributed by atoms with Gasteiger partial charge in [0.25, 0.3) is 0 Å². The number of hydrogen-bond acceptors (Lipinski definition) is 6. The van der Waals surface area contributed by atoms with Crippen molar-refractivity contribution in [3.8, 4) is 0 Å². The molecule has 0 unspecified atom stereocenters. The lowest BCUT2D eigenvalue weighted by atomic mass is 9.94. The van der Waals surface area contributed by atoms with Crippen molar-refractivity contribution >= 4 is 34.8 Å². The molecule has 1 aromatic carbocycles. The molecule has 2 fully saturated rings. The summed E-state index contributed by atoms with van der Waals surface area (Å²) in [4.78, 5) is 18.4. The fraction of sp³-hybridized carbons (Fsp3) is 0.667. The predicted octanol–water partition coefficient (Wildman–Crippen LogP) is 4.67. The first-order valence-electron chi connectivity index (χ1n) is 12.0. The van der Waals surface area contributed by atoms with Crippen LogP contribution < -0.4 is 4.31 Å². The summed E-state index contributed by atoms with van der Waals surface area (Å²) < 4.78 is 52.2. The van der Waals surface area contributed by atoms with Crippen molar-refractivity contribution in [1.29, 1.82) is 0 Å². The van der Waals surface area contributed by atoms with E-state index in [2.05, 4.69) is 9.29 Å². The average Bonchev–Trinajstić information content (AvgIpc) is 3.17. The van der Waals surface area contributed by atoms with Crippen LogP contribution in [0.1, 0.15) is 39.4 Å². The highest BCUT2D eigenvalue weighted by atomic mass is 32.2. The second kappa shape index (κ2) is 10.2. The van der Waals surface area contributed by atoms with Crippen LogP contribution >= 0.6 is 12.1 Å². The summed E-state index contributed by atoms with van der Waals surface area (Å²) in [6.07, 6.45) is -3.01. The van der Waals surface area contributed by atoms with E-state index in [1.165, 1.54) is 16.7 Å². The molecule has 2 aliphatic rings. The van der Waals surface area contributed by atoms with Gasteiger partial charge in [-0.15, -0.1) is 0 Å². The highest BCUT2D eigenvalue weighted by molar-refractivity contribution is 7.98. The van der Waals surface area contributed by atoms with Gasteiger partial charge in [-0.05, 0) is 37.0 Å². The molecule has 0 bridgehead atoms. The highest BCUT2D eigenvalue weighted by Gasteiger charge is 2.38. The zero-order chi connectivity index (χ0) is 25.4. The lowest BCUT2D eigenvalue weighted by Crippen LogP contribution is -2.50. The van der Waals surface area contributed by atoms with Gasteiger partial charge in [-0.25, -0.2) is 9.29 Å². The molecule has 3 heterocycles. The van der Waals surface area contributed by atoms with Gasteiger partial charge in [0.2, 0.25) is 11.7 Å². The number of amides is 1. The number of benzene rings is 1. The summed E-state index contributed by atoms with van der Waals surface area (Å²) in [5.74, 6) is -0.548. The van der Waals surface area contributed by atoms with E-state index in [1.54, 1.807) is 12.1 Å². The Morgan fingerprint density at radius 2 is 1.80 bits per heavy atom. The normalized spacial score (nSPS) is 18.9. The molecule has 1 amide bonds. The average molecular weight is 514 g/mol. The molecular weight excluding hydrogens is 479 g/mol. The lowest BCUT2D eigenvalue weighted by Gasteiger charge is -2.38. The molecule has 2 aromatic rings. The third kappa shape index (κ3) is 6.06. The number of anilines is 1. The number of ether oxygens (including phenoxy) is 1. The highest BCUT2D eigenvalue weighted by Crippen LogP contribution is 2.35. The SMILES string of the molecule is CN(SN1CCN(C(=O)C(C)(C)C)CC1)c1ccc2c(c1)nc(C(F)(F)F)n2CC1CCOCC1. The maximum absolute atomic E-state index is 13.8. The predicted molar refractivity (Wildman–Crippen MR) is 132 cm³/mol. The van der Waals surface area contributed by atoms with E-state index in [4.69, 9.17) is 4.74 Å². The van der Waals surface area contributed by atoms with Crippen LogP contribution in [0.15, 0.2) is 18.2 Å². The zero-order valence-corrected chi connectivity index (χ0v) is 21.6. The van der Waals surface area contributed by atoms with E-state index in [9.17, 15) is 18.0 Å². The van der Waals surface area contributed by atoms with Crippen LogP contribution in [-0.4, -0.2) is 71.1 Å². The molecule has 4 rings (SSSR count). The minimum Gasteiger partial charge on any atom is -0.381 e. The topological polar surface area (TPSA) is 53.8 Å². The lowest BCUT2D eigenvalue weighted by molar-refractivity contribution is -0.147. The maximum Gasteiger partial charge on any atom is 0.449 e. The van der Waals surface area contributed by atoms with Crippen LogP contribution in [0.2, 0.25) is 0 Å². The summed E-state index contributed by atoms with van der Waals surface area (Å²) in [7, 11) is 1.89. The summed E-state index contributed by atoms with van der Waals surface area (Å²) in [5, 5.41) is 0.